The first kappa shape index (κ1) is 16.2. The average molecular weight is 357 g/mol. The molecule has 0 bridgehead atoms. The molecule has 0 saturated carbocycles. The fraction of sp³-hybridized carbons (Fsp3) is 0.278. The Bertz CT molecular complexity index is 901. The molecule has 1 aromatic carbocycles. The van der Waals surface area contributed by atoms with Gasteiger partial charge in [-0.25, -0.2) is 14.5 Å². The molecule has 134 valence electrons. The number of amides is 2. The number of ether oxygens (including phenoxy) is 3. The number of hydrogen-bond donors (Lipinski definition) is 1. The normalized spacial score (nSPS) is 28.2. The van der Waals surface area contributed by atoms with Crippen molar-refractivity contribution in [3.8, 4) is 5.75 Å². The summed E-state index contributed by atoms with van der Waals surface area (Å²) in [4.78, 5) is 36.3. The average Bonchev–Trinajstić information content (AvgIpc) is 3.18. The molecule has 1 aromatic rings. The van der Waals surface area contributed by atoms with E-state index in [1.807, 2.05) is 0 Å². The van der Waals surface area contributed by atoms with E-state index < -0.39 is 36.4 Å². The quantitative estimate of drug-likeness (QED) is 0.491. The number of likely N-dealkylation sites (tertiary alicyclic amines) is 1. The fourth-order valence-electron chi connectivity index (χ4n) is 3.30. The molecular weight excluding hydrogens is 342 g/mol. The molecule has 1 saturated heterocycles. The van der Waals surface area contributed by atoms with Crippen molar-refractivity contribution in [1.82, 2.24) is 4.90 Å². The number of nitrogens with zero attached hydrogens (tertiary/aromatic N) is 1. The smallest absolute Gasteiger partial charge is 0.417 e. The van der Waals surface area contributed by atoms with E-state index in [2.05, 4.69) is 0 Å². The Balaban J connectivity index is 1.69. The van der Waals surface area contributed by atoms with Crippen LogP contribution in [0.5, 0.6) is 5.75 Å². The lowest BCUT2D eigenvalue weighted by Crippen LogP contribution is -2.40. The van der Waals surface area contributed by atoms with Crippen molar-refractivity contribution >= 4 is 18.0 Å². The van der Waals surface area contributed by atoms with E-state index in [0.29, 0.717) is 27.4 Å². The van der Waals surface area contributed by atoms with Gasteiger partial charge in [0.25, 0.3) is 12.2 Å². The third kappa shape index (κ3) is 2.18. The lowest BCUT2D eigenvalue weighted by molar-refractivity contribution is -0.153. The molecule has 0 aromatic heterocycles. The van der Waals surface area contributed by atoms with Crippen LogP contribution in [-0.4, -0.2) is 40.5 Å². The molecule has 4 rings (SSSR count). The molecule has 0 aliphatic carbocycles. The minimum atomic E-state index is -1.40. The Morgan fingerprint density at radius 3 is 2.62 bits per heavy atom. The van der Waals surface area contributed by atoms with Crippen LogP contribution in [0.1, 0.15) is 25.3 Å². The van der Waals surface area contributed by atoms with Crippen LogP contribution in [0.3, 0.4) is 0 Å². The minimum absolute atomic E-state index is 0.135. The Morgan fingerprint density at radius 2 is 1.96 bits per heavy atom. The van der Waals surface area contributed by atoms with Gasteiger partial charge < -0.3 is 19.3 Å². The summed E-state index contributed by atoms with van der Waals surface area (Å²) in [5.74, 6) is -1.28. The van der Waals surface area contributed by atoms with Gasteiger partial charge in [-0.1, -0.05) is 18.2 Å². The van der Waals surface area contributed by atoms with Gasteiger partial charge in [0.1, 0.15) is 5.75 Å². The number of imide groups is 1. The van der Waals surface area contributed by atoms with Gasteiger partial charge in [-0.15, -0.1) is 0 Å². The summed E-state index contributed by atoms with van der Waals surface area (Å²) in [7, 11) is 0. The van der Waals surface area contributed by atoms with Gasteiger partial charge >= 0.3 is 12.1 Å². The van der Waals surface area contributed by atoms with Crippen LogP contribution in [0.15, 0.2) is 47.2 Å². The summed E-state index contributed by atoms with van der Waals surface area (Å²) in [6.07, 6.45) is -2.14. The summed E-state index contributed by atoms with van der Waals surface area (Å²) in [6, 6.07) is 7.04. The zero-order valence-corrected chi connectivity index (χ0v) is 14.0. The summed E-state index contributed by atoms with van der Waals surface area (Å²) in [5.41, 5.74) is 1.89. The van der Waals surface area contributed by atoms with Gasteiger partial charge in [0.05, 0.1) is 17.8 Å². The predicted octanol–water partition coefficient (Wildman–Crippen LogP) is 2.13. The second kappa shape index (κ2) is 5.62. The van der Waals surface area contributed by atoms with Gasteiger partial charge in [-0.05, 0) is 19.9 Å². The van der Waals surface area contributed by atoms with Crippen molar-refractivity contribution in [2.75, 3.05) is 0 Å². The molecule has 3 atom stereocenters. The van der Waals surface area contributed by atoms with Crippen LogP contribution in [0.25, 0.3) is 0 Å². The Hall–Kier alpha value is -3.29. The standard InChI is InChI=1S/C18H15NO7/c1-8-9(2)17(26-16(8)21)24-7-11-13-10-5-3-4-6-12(10)25-15(13)19(14(11)20)18(22)23/h3-7,13,15,17H,1-2H3,(H,22,23)/b11-7+. The van der Waals surface area contributed by atoms with Crippen molar-refractivity contribution in [1.29, 1.82) is 0 Å². The topological polar surface area (TPSA) is 102 Å². The molecule has 0 spiro atoms. The molecule has 3 aliphatic rings. The molecule has 8 nitrogen and oxygen atoms in total. The summed E-state index contributed by atoms with van der Waals surface area (Å²) in [5, 5.41) is 9.40. The molecule has 1 fully saturated rings. The molecule has 2 amide bonds. The van der Waals surface area contributed by atoms with E-state index in [1.54, 1.807) is 38.1 Å². The first-order valence-electron chi connectivity index (χ1n) is 7.96. The number of cyclic esters (lactones) is 1. The third-order valence-corrected chi connectivity index (χ3v) is 4.83. The van der Waals surface area contributed by atoms with Crippen molar-refractivity contribution < 1.29 is 33.7 Å². The summed E-state index contributed by atoms with van der Waals surface area (Å²) in [6.45, 7) is 3.32. The van der Waals surface area contributed by atoms with Gasteiger partial charge in [0.2, 0.25) is 0 Å². The molecule has 3 aliphatic heterocycles. The SMILES string of the molecule is CC1=C(C)C(O/C=C2/C(=O)N(C(=O)O)C3Oc4ccccc4C23)OC1=O. The molecule has 26 heavy (non-hydrogen) atoms. The number of para-hydroxylation sites is 1. The van der Waals surface area contributed by atoms with Crippen molar-refractivity contribution in [3.05, 3.63) is 52.8 Å². The number of fused-ring (bicyclic) bond motifs is 3. The molecular formula is C18H15NO7. The summed E-state index contributed by atoms with van der Waals surface area (Å²) >= 11 is 0. The molecule has 8 heteroatoms. The van der Waals surface area contributed by atoms with Crippen LogP contribution in [-0.2, 0) is 19.1 Å². The fourth-order valence-corrected chi connectivity index (χ4v) is 3.30. The number of esters is 1. The zero-order chi connectivity index (χ0) is 18.6. The van der Waals surface area contributed by atoms with Gasteiger partial charge in [0, 0.05) is 16.7 Å². The molecule has 0 radical (unpaired) electrons. The monoisotopic (exact) mass is 357 g/mol. The first-order chi connectivity index (χ1) is 12.4. The van der Waals surface area contributed by atoms with E-state index in [9.17, 15) is 19.5 Å². The number of rotatable bonds is 2. The van der Waals surface area contributed by atoms with Crippen LogP contribution in [0, 0.1) is 0 Å². The maximum atomic E-state index is 12.6. The predicted molar refractivity (Wildman–Crippen MR) is 85.9 cm³/mol. The first-order valence-corrected chi connectivity index (χ1v) is 7.96. The Labute approximate surface area is 148 Å². The van der Waals surface area contributed by atoms with E-state index in [4.69, 9.17) is 14.2 Å². The van der Waals surface area contributed by atoms with E-state index in [-0.39, 0.29) is 5.57 Å². The third-order valence-electron chi connectivity index (χ3n) is 4.83. The highest BCUT2D eigenvalue weighted by atomic mass is 16.7. The van der Waals surface area contributed by atoms with Gasteiger partial charge in [-0.3, -0.25) is 4.79 Å². The zero-order valence-electron chi connectivity index (χ0n) is 14.0. The highest BCUT2D eigenvalue weighted by Crippen LogP contribution is 2.48. The Kier molecular flexibility index (Phi) is 3.50. The van der Waals surface area contributed by atoms with E-state index in [0.717, 1.165) is 0 Å². The number of hydrogen-bond acceptors (Lipinski definition) is 6. The molecule has 3 unspecified atom stereocenters. The number of carbonyl (C=O) groups excluding carboxylic acids is 2. The van der Waals surface area contributed by atoms with Crippen molar-refractivity contribution in [2.45, 2.75) is 32.3 Å². The highest BCUT2D eigenvalue weighted by molar-refractivity contribution is 6.06. The lowest BCUT2D eigenvalue weighted by atomic mass is 9.94. The number of carbonyl (C=O) groups is 3. The molecule has 1 N–H and O–H groups in total. The number of carboxylic acid groups (broad SMARTS) is 1. The Morgan fingerprint density at radius 1 is 1.23 bits per heavy atom. The van der Waals surface area contributed by atoms with Crippen LogP contribution in [0.4, 0.5) is 4.79 Å². The van der Waals surface area contributed by atoms with E-state index in [1.165, 1.54) is 6.26 Å². The van der Waals surface area contributed by atoms with Crippen molar-refractivity contribution in [3.63, 3.8) is 0 Å². The van der Waals surface area contributed by atoms with Crippen LogP contribution < -0.4 is 4.74 Å². The van der Waals surface area contributed by atoms with Gasteiger partial charge in [0.15, 0.2) is 6.23 Å². The van der Waals surface area contributed by atoms with Crippen molar-refractivity contribution in [2.24, 2.45) is 0 Å². The second-order valence-corrected chi connectivity index (χ2v) is 6.24. The van der Waals surface area contributed by atoms with Gasteiger partial charge in [-0.2, -0.15) is 0 Å². The van der Waals surface area contributed by atoms with Crippen LogP contribution in [0.2, 0.25) is 0 Å². The highest BCUT2D eigenvalue weighted by Gasteiger charge is 2.54. The largest absolute Gasteiger partial charge is 0.469 e. The number of benzene rings is 1. The van der Waals surface area contributed by atoms with E-state index >= 15 is 0 Å². The maximum absolute atomic E-state index is 12.6. The maximum Gasteiger partial charge on any atom is 0.417 e. The minimum Gasteiger partial charge on any atom is -0.469 e. The molecule has 3 heterocycles. The second-order valence-electron chi connectivity index (χ2n) is 6.24. The lowest BCUT2D eigenvalue weighted by Gasteiger charge is -2.17. The van der Waals surface area contributed by atoms with Crippen LogP contribution >= 0.6 is 0 Å². The summed E-state index contributed by atoms with van der Waals surface area (Å²) < 4.78 is 16.3.